The summed E-state index contributed by atoms with van der Waals surface area (Å²) in [5.74, 6) is -1.54. The van der Waals surface area contributed by atoms with E-state index in [1.807, 2.05) is 0 Å². The summed E-state index contributed by atoms with van der Waals surface area (Å²) in [5, 5.41) is 96.2. The van der Waals surface area contributed by atoms with Crippen LogP contribution in [0.25, 0.3) is 0 Å². The number of hydrogen-bond donors (Lipinski definition) is 8. The molecule has 0 aliphatic heterocycles. The molecule has 0 fully saturated rings. The van der Waals surface area contributed by atoms with E-state index in [1.165, 1.54) is 27.7 Å². The third-order valence-electron chi connectivity index (χ3n) is 12.4. The Labute approximate surface area is 458 Å². The largest absolute Gasteiger partial charge is 0.507 e. The normalized spacial score (nSPS) is 12.2. The molecule has 8 aromatic carbocycles. The molecule has 1 aliphatic carbocycles. The average molecular weight is 1070 g/mol. The first-order valence-electron chi connectivity index (χ1n) is 25.0. The minimum atomic E-state index is -0.229. The van der Waals surface area contributed by atoms with Gasteiger partial charge in [-0.3, -0.25) is 19.2 Å². The van der Waals surface area contributed by atoms with Crippen molar-refractivity contribution in [2.75, 3.05) is 21.3 Å². The van der Waals surface area contributed by atoms with Crippen LogP contribution in [-0.4, -0.2) is 44.1 Å². The number of fused-ring (bicyclic) bond motifs is 8. The molecular formula is C60H52N12O8. The number of nitrogens with one attached hydrogen (secondary N) is 4. The molecule has 8 bridgehead atoms. The number of carbonyl (C=O) groups excluding carboxylic acids is 4. The molecule has 20 nitrogen and oxygen atoms in total. The zero-order chi connectivity index (χ0) is 56.5. The van der Waals surface area contributed by atoms with Crippen molar-refractivity contribution in [1.29, 1.82) is 0 Å². The zero-order valence-electron chi connectivity index (χ0n) is 43.7. The fraction of sp³-hybridized carbons (Fsp3) is 0.133. The predicted octanol–water partition coefficient (Wildman–Crippen LogP) is 14.7. The molecule has 20 heteroatoms. The molecule has 8 aromatic rings. The number of hydrogen-bond acceptors (Lipinski definition) is 16. The van der Waals surface area contributed by atoms with Gasteiger partial charge in [-0.1, -0.05) is 0 Å². The van der Waals surface area contributed by atoms with E-state index in [0.29, 0.717) is 113 Å². The van der Waals surface area contributed by atoms with Crippen LogP contribution in [0.1, 0.15) is 72.2 Å². The number of benzene rings is 8. The molecule has 0 heterocycles. The highest BCUT2D eigenvalue weighted by molar-refractivity contribution is 5.90. The Hall–Kier alpha value is -10.8. The SMILES string of the molecule is CC(=O)Nc1ccc(N=Nc2cc3c(O)c(c2)Cc2cc(N=Nc4ccc(NC(C)=O)cc4)cc(c2O)Cc2cc(N=Nc4ccc(NC(C)=O)cc4)cc(c2O)Cc2cc(N=Nc4ccc(NC(C)=O)cc4)cc(c2O)C3)cc1. The first kappa shape index (κ1) is 54.0. The summed E-state index contributed by atoms with van der Waals surface area (Å²) in [4.78, 5) is 46.7. The van der Waals surface area contributed by atoms with Gasteiger partial charge >= 0.3 is 0 Å². The maximum atomic E-state index is 12.3. The smallest absolute Gasteiger partial charge is 0.221 e. The van der Waals surface area contributed by atoms with Crippen molar-refractivity contribution in [3.8, 4) is 23.0 Å². The summed E-state index contributed by atoms with van der Waals surface area (Å²) in [6, 6.07) is 40.0. The van der Waals surface area contributed by atoms with Crippen LogP contribution in [0.5, 0.6) is 23.0 Å². The highest BCUT2D eigenvalue weighted by Gasteiger charge is 2.22. The molecule has 0 atom stereocenters. The van der Waals surface area contributed by atoms with Crippen LogP contribution in [0, 0.1) is 0 Å². The maximum absolute atomic E-state index is 12.3. The van der Waals surface area contributed by atoms with Gasteiger partial charge in [0, 0.05) is 121 Å². The van der Waals surface area contributed by atoms with Crippen molar-refractivity contribution in [3.05, 3.63) is 190 Å². The van der Waals surface area contributed by atoms with Crippen molar-refractivity contribution in [1.82, 2.24) is 0 Å². The van der Waals surface area contributed by atoms with E-state index in [1.54, 1.807) is 146 Å². The number of azo groups is 4. The summed E-state index contributed by atoms with van der Waals surface area (Å²) in [6.07, 6.45) is -0.335. The van der Waals surface area contributed by atoms with Crippen LogP contribution in [0.15, 0.2) is 187 Å². The number of carbonyl (C=O) groups is 4. The molecule has 0 saturated carbocycles. The molecule has 0 radical (unpaired) electrons. The Morgan fingerprint density at radius 3 is 0.575 bits per heavy atom. The Morgan fingerprint density at radius 2 is 0.425 bits per heavy atom. The second-order valence-electron chi connectivity index (χ2n) is 18.9. The third kappa shape index (κ3) is 14.0. The summed E-state index contributed by atoms with van der Waals surface area (Å²) in [6.45, 7) is 5.64. The van der Waals surface area contributed by atoms with Crippen LogP contribution >= 0.6 is 0 Å². The second kappa shape index (κ2) is 24.1. The summed E-state index contributed by atoms with van der Waals surface area (Å²) in [5.41, 5.74) is 8.03. The van der Waals surface area contributed by atoms with E-state index in [0.717, 1.165) is 0 Å². The molecule has 0 spiro atoms. The molecule has 0 saturated heterocycles. The van der Waals surface area contributed by atoms with Crippen LogP contribution < -0.4 is 21.3 Å². The van der Waals surface area contributed by atoms with Crippen molar-refractivity contribution in [2.24, 2.45) is 40.9 Å². The Bertz CT molecular complexity index is 3230. The van der Waals surface area contributed by atoms with Crippen molar-refractivity contribution in [2.45, 2.75) is 53.4 Å². The molecule has 9 rings (SSSR count). The lowest BCUT2D eigenvalue weighted by Gasteiger charge is -2.18. The molecular weight excluding hydrogens is 1020 g/mol. The standard InChI is InChI=1S/C60H52N12O8/c1-33(73)61-45-5-13-49(14-6-45)65-69-53-25-37-21-39-27-54(70-66-50-15-7-46(8-16-50)62-34(2)74)29-41(58(39)78)23-43-31-56(72-68-52-19-11-48(12-20-52)64-36(4)76)32-44(60(43)80)24-42-30-55(28-40(59(42)79)22-38(26-53)57(37)77)71-67-51-17-9-47(10-18-51)63-35(3)75/h5-20,25-32,77-80H,21-24H2,1-4H3,(H,61,73)(H,62,74)(H,63,75)(H,64,76). The number of anilines is 4. The Balaban J connectivity index is 1.20. The summed E-state index contributed by atoms with van der Waals surface area (Å²) < 4.78 is 0. The van der Waals surface area contributed by atoms with Gasteiger partial charge in [-0.25, -0.2) is 0 Å². The molecule has 1 aliphatic rings. The lowest BCUT2D eigenvalue weighted by molar-refractivity contribution is -0.115. The van der Waals surface area contributed by atoms with Gasteiger partial charge in [0.1, 0.15) is 23.0 Å². The predicted molar refractivity (Wildman–Crippen MR) is 303 cm³/mol. The highest BCUT2D eigenvalue weighted by Crippen LogP contribution is 2.43. The van der Waals surface area contributed by atoms with Crippen LogP contribution in [-0.2, 0) is 44.9 Å². The molecule has 0 aromatic heterocycles. The molecule has 400 valence electrons. The number of aromatic hydroxyl groups is 4. The minimum Gasteiger partial charge on any atom is -0.507 e. The van der Waals surface area contributed by atoms with E-state index >= 15 is 0 Å². The Kier molecular flexibility index (Phi) is 16.3. The summed E-state index contributed by atoms with van der Waals surface area (Å²) in [7, 11) is 0. The van der Waals surface area contributed by atoms with Gasteiger partial charge in [-0.2, -0.15) is 40.9 Å². The Morgan fingerprint density at radius 1 is 0.275 bits per heavy atom. The van der Waals surface area contributed by atoms with E-state index in [9.17, 15) is 39.6 Å². The topological polar surface area (TPSA) is 296 Å². The zero-order valence-corrected chi connectivity index (χ0v) is 43.7. The van der Waals surface area contributed by atoms with E-state index in [4.69, 9.17) is 0 Å². The van der Waals surface area contributed by atoms with E-state index in [2.05, 4.69) is 62.2 Å². The first-order valence-corrected chi connectivity index (χ1v) is 25.0. The maximum Gasteiger partial charge on any atom is 0.221 e. The fourth-order valence-electron chi connectivity index (χ4n) is 8.82. The van der Waals surface area contributed by atoms with Crippen LogP contribution in [0.4, 0.5) is 68.2 Å². The molecule has 80 heavy (non-hydrogen) atoms. The van der Waals surface area contributed by atoms with Gasteiger partial charge in [0.25, 0.3) is 0 Å². The number of amides is 4. The van der Waals surface area contributed by atoms with Crippen molar-refractivity contribution >= 4 is 91.9 Å². The van der Waals surface area contributed by atoms with Crippen molar-refractivity contribution in [3.63, 3.8) is 0 Å². The molecule has 4 amide bonds. The number of nitrogens with zero attached hydrogens (tertiary/aromatic N) is 8. The lowest BCUT2D eigenvalue weighted by atomic mass is 9.90. The second-order valence-corrected chi connectivity index (χ2v) is 18.9. The average Bonchev–Trinajstić information content (AvgIpc) is 3.44. The van der Waals surface area contributed by atoms with Crippen molar-refractivity contribution < 1.29 is 39.6 Å². The lowest BCUT2D eigenvalue weighted by Crippen LogP contribution is -2.04. The van der Waals surface area contributed by atoms with Gasteiger partial charge in [0.2, 0.25) is 23.6 Å². The van der Waals surface area contributed by atoms with E-state index in [-0.39, 0.29) is 72.3 Å². The third-order valence-corrected chi connectivity index (χ3v) is 12.4. The van der Waals surface area contributed by atoms with E-state index < -0.39 is 0 Å². The molecule has 0 unspecified atom stereocenters. The monoisotopic (exact) mass is 1070 g/mol. The first-order chi connectivity index (χ1) is 38.5. The van der Waals surface area contributed by atoms with Gasteiger partial charge in [-0.15, -0.1) is 0 Å². The summed E-state index contributed by atoms with van der Waals surface area (Å²) >= 11 is 0. The van der Waals surface area contributed by atoms with Gasteiger partial charge < -0.3 is 41.7 Å². The fourth-order valence-corrected chi connectivity index (χ4v) is 8.82. The highest BCUT2D eigenvalue weighted by atomic mass is 16.3. The van der Waals surface area contributed by atoms with Crippen LogP contribution in [0.3, 0.4) is 0 Å². The van der Waals surface area contributed by atoms with Gasteiger partial charge in [0.15, 0.2) is 0 Å². The minimum absolute atomic E-state index is 0.0837. The number of phenolic OH excluding ortho intramolecular Hbond substituents is 4. The number of phenols is 4. The quantitative estimate of drug-likeness (QED) is 0.0543. The van der Waals surface area contributed by atoms with Crippen LogP contribution in [0.2, 0.25) is 0 Å². The van der Waals surface area contributed by atoms with Gasteiger partial charge in [-0.05, 0) is 146 Å². The molecule has 8 N–H and O–H groups in total. The van der Waals surface area contributed by atoms with Gasteiger partial charge in [0.05, 0.1) is 45.5 Å². The number of rotatable bonds is 12.